The second kappa shape index (κ2) is 7.35. The van der Waals surface area contributed by atoms with Crippen molar-refractivity contribution in [3.63, 3.8) is 0 Å². The number of hydrogen-bond donors (Lipinski definition) is 2. The van der Waals surface area contributed by atoms with Gasteiger partial charge in [0.1, 0.15) is 29.2 Å². The number of nitrogens with zero attached hydrogens (tertiary/aromatic N) is 3. The largest absolute Gasteiger partial charge is 0.435 e. The van der Waals surface area contributed by atoms with Gasteiger partial charge in [0.05, 0.1) is 5.69 Å². The average Bonchev–Trinajstić information content (AvgIpc) is 2.69. The zero-order valence-electron chi connectivity index (χ0n) is 14.2. The first-order valence-corrected chi connectivity index (χ1v) is 8.86. The number of ether oxygens (including phenoxy) is 1. The summed E-state index contributed by atoms with van der Waals surface area (Å²) >= 11 is 3.47. The lowest BCUT2D eigenvalue weighted by molar-refractivity contribution is 0.469. The zero-order chi connectivity index (χ0) is 19.7. The van der Waals surface area contributed by atoms with E-state index >= 15 is 0 Å². The van der Waals surface area contributed by atoms with Crippen LogP contribution < -0.4 is 15.8 Å². The van der Waals surface area contributed by atoms with Gasteiger partial charge < -0.3 is 15.8 Å². The van der Waals surface area contributed by atoms with Gasteiger partial charge in [-0.15, -0.1) is 0 Å². The van der Waals surface area contributed by atoms with Crippen molar-refractivity contribution >= 4 is 44.0 Å². The molecule has 0 radical (unpaired) electrons. The highest BCUT2D eigenvalue weighted by atomic mass is 79.9. The minimum atomic E-state index is -0.774. The number of halogens is 3. The molecular formula is C19H12BrF2N5O. The summed E-state index contributed by atoms with van der Waals surface area (Å²) in [6.07, 6.45) is 2.87. The van der Waals surface area contributed by atoms with E-state index in [1.807, 2.05) is 18.2 Å². The summed E-state index contributed by atoms with van der Waals surface area (Å²) < 4.78 is 33.7. The van der Waals surface area contributed by atoms with Gasteiger partial charge in [0.2, 0.25) is 5.88 Å². The number of fused-ring (bicyclic) bond motifs is 1. The molecule has 2 aromatic heterocycles. The number of anilines is 3. The number of aromatic nitrogens is 3. The number of nitrogen functional groups attached to an aromatic ring is 1. The van der Waals surface area contributed by atoms with E-state index in [4.69, 9.17) is 10.5 Å². The highest BCUT2D eigenvalue weighted by Crippen LogP contribution is 2.36. The van der Waals surface area contributed by atoms with Crippen molar-refractivity contribution in [1.29, 1.82) is 0 Å². The normalized spacial score (nSPS) is 10.8. The van der Waals surface area contributed by atoms with Gasteiger partial charge >= 0.3 is 0 Å². The Kier molecular flexibility index (Phi) is 4.74. The first kappa shape index (κ1) is 18.1. The molecule has 4 rings (SSSR count). The molecule has 2 heterocycles. The molecule has 0 aliphatic rings. The van der Waals surface area contributed by atoms with Crippen LogP contribution in [0.1, 0.15) is 0 Å². The lowest BCUT2D eigenvalue weighted by Crippen LogP contribution is -2.04. The van der Waals surface area contributed by atoms with Gasteiger partial charge in [-0.05, 0) is 30.3 Å². The zero-order valence-corrected chi connectivity index (χ0v) is 15.7. The Morgan fingerprint density at radius 1 is 1.04 bits per heavy atom. The molecule has 0 spiro atoms. The van der Waals surface area contributed by atoms with Crippen molar-refractivity contribution in [3.05, 3.63) is 71.1 Å². The summed E-state index contributed by atoms with van der Waals surface area (Å²) in [5.41, 5.74) is 6.80. The van der Waals surface area contributed by atoms with Crippen LogP contribution in [-0.4, -0.2) is 15.0 Å². The second-order valence-corrected chi connectivity index (χ2v) is 6.59. The van der Waals surface area contributed by atoms with Crippen LogP contribution in [-0.2, 0) is 0 Å². The van der Waals surface area contributed by atoms with Crippen LogP contribution in [0.5, 0.6) is 11.6 Å². The maximum atomic E-state index is 13.9. The average molecular weight is 444 g/mol. The number of pyridine rings is 1. The van der Waals surface area contributed by atoms with Crippen molar-refractivity contribution in [1.82, 2.24) is 15.0 Å². The van der Waals surface area contributed by atoms with Crippen LogP contribution in [0.4, 0.5) is 26.0 Å². The molecule has 0 amide bonds. The highest BCUT2D eigenvalue weighted by molar-refractivity contribution is 9.10. The van der Waals surface area contributed by atoms with Crippen LogP contribution in [0, 0.1) is 11.6 Å². The van der Waals surface area contributed by atoms with Crippen molar-refractivity contribution < 1.29 is 13.5 Å². The lowest BCUT2D eigenvalue weighted by atomic mass is 10.2. The molecule has 0 unspecified atom stereocenters. The van der Waals surface area contributed by atoms with E-state index in [9.17, 15) is 8.78 Å². The molecule has 6 nitrogen and oxygen atoms in total. The van der Waals surface area contributed by atoms with Gasteiger partial charge in [-0.3, -0.25) is 4.98 Å². The van der Waals surface area contributed by atoms with E-state index in [1.165, 1.54) is 12.4 Å². The van der Waals surface area contributed by atoms with E-state index in [2.05, 4.69) is 36.2 Å². The quantitative estimate of drug-likeness (QED) is 0.451. The van der Waals surface area contributed by atoms with Gasteiger partial charge in [0.15, 0.2) is 11.6 Å². The molecule has 4 aromatic rings. The van der Waals surface area contributed by atoms with Crippen molar-refractivity contribution in [2.45, 2.75) is 0 Å². The van der Waals surface area contributed by atoms with Gasteiger partial charge in [-0.2, -0.15) is 4.98 Å². The predicted octanol–water partition coefficient (Wildman–Crippen LogP) is 5.18. The Labute approximate surface area is 166 Å². The maximum absolute atomic E-state index is 13.9. The molecule has 9 heteroatoms. The number of nitrogens with two attached hydrogens (primary N) is 1. The van der Waals surface area contributed by atoms with E-state index in [0.29, 0.717) is 11.3 Å². The summed E-state index contributed by atoms with van der Waals surface area (Å²) in [5, 5.41) is 3.58. The number of hydrogen-bond acceptors (Lipinski definition) is 6. The third-order valence-corrected chi connectivity index (χ3v) is 4.61. The summed E-state index contributed by atoms with van der Waals surface area (Å²) in [6, 6.07) is 10.4. The maximum Gasteiger partial charge on any atom is 0.248 e. The van der Waals surface area contributed by atoms with Crippen LogP contribution in [0.3, 0.4) is 0 Å². The molecule has 2 aromatic carbocycles. The molecule has 28 heavy (non-hydrogen) atoms. The molecule has 0 aliphatic carbocycles. The molecule has 0 atom stereocenters. The Morgan fingerprint density at radius 3 is 2.71 bits per heavy atom. The highest BCUT2D eigenvalue weighted by Gasteiger charge is 2.15. The van der Waals surface area contributed by atoms with Crippen molar-refractivity contribution in [2.75, 3.05) is 11.1 Å². The SMILES string of the molecule is Nc1c(Nc2ccc(F)cc2F)ncnc1Oc1ccc(Br)c2cccnc12. The van der Waals surface area contributed by atoms with Crippen LogP contribution >= 0.6 is 15.9 Å². The second-order valence-electron chi connectivity index (χ2n) is 5.74. The van der Waals surface area contributed by atoms with Gasteiger partial charge in [-0.1, -0.05) is 22.0 Å². The molecule has 0 saturated carbocycles. The molecule has 0 saturated heterocycles. The van der Waals surface area contributed by atoms with E-state index in [-0.39, 0.29) is 23.1 Å². The minimum Gasteiger partial charge on any atom is -0.435 e. The first-order chi connectivity index (χ1) is 13.5. The molecular weight excluding hydrogens is 432 g/mol. The summed E-state index contributed by atoms with van der Waals surface area (Å²) in [6.45, 7) is 0. The number of nitrogens with one attached hydrogen (secondary N) is 1. The van der Waals surface area contributed by atoms with Gasteiger partial charge in [0, 0.05) is 22.1 Å². The standard InChI is InChI=1S/C19H12BrF2N5O/c20-12-4-6-15(17-11(12)2-1-7-24-17)28-19-16(23)18(25-9-26-19)27-14-5-3-10(21)8-13(14)22/h1-9H,23H2,(H,25,26,27). The Bertz CT molecular complexity index is 1190. The molecule has 0 fully saturated rings. The fraction of sp³-hybridized carbons (Fsp3) is 0. The first-order valence-electron chi connectivity index (χ1n) is 8.06. The van der Waals surface area contributed by atoms with Crippen LogP contribution in [0.2, 0.25) is 0 Å². The van der Waals surface area contributed by atoms with E-state index < -0.39 is 11.6 Å². The fourth-order valence-corrected chi connectivity index (χ4v) is 3.03. The Hall–Kier alpha value is -3.33. The summed E-state index contributed by atoms with van der Waals surface area (Å²) in [7, 11) is 0. The monoisotopic (exact) mass is 443 g/mol. The topological polar surface area (TPSA) is 86.0 Å². The molecule has 3 N–H and O–H groups in total. The fourth-order valence-electron chi connectivity index (χ4n) is 2.58. The van der Waals surface area contributed by atoms with Crippen LogP contribution in [0.25, 0.3) is 10.9 Å². The minimum absolute atomic E-state index is 0.0218. The van der Waals surface area contributed by atoms with E-state index in [0.717, 1.165) is 22.0 Å². The van der Waals surface area contributed by atoms with Crippen LogP contribution in [0.15, 0.2) is 59.5 Å². The third kappa shape index (κ3) is 3.44. The predicted molar refractivity (Wildman–Crippen MR) is 106 cm³/mol. The lowest BCUT2D eigenvalue weighted by Gasteiger charge is -2.13. The van der Waals surface area contributed by atoms with Gasteiger partial charge in [0.25, 0.3) is 0 Å². The smallest absolute Gasteiger partial charge is 0.248 e. The summed E-state index contributed by atoms with van der Waals surface area (Å²) in [5.74, 6) is -0.803. The summed E-state index contributed by atoms with van der Waals surface area (Å²) in [4.78, 5) is 12.4. The number of benzene rings is 2. The van der Waals surface area contributed by atoms with E-state index in [1.54, 1.807) is 12.3 Å². The molecule has 0 aliphatic heterocycles. The third-order valence-electron chi connectivity index (χ3n) is 3.92. The molecule has 140 valence electrons. The Balaban J connectivity index is 1.69. The number of rotatable bonds is 4. The van der Waals surface area contributed by atoms with Crippen molar-refractivity contribution in [2.24, 2.45) is 0 Å². The molecule has 0 bridgehead atoms. The van der Waals surface area contributed by atoms with Gasteiger partial charge in [-0.25, -0.2) is 13.8 Å². The van der Waals surface area contributed by atoms with Crippen molar-refractivity contribution in [3.8, 4) is 11.6 Å². The Morgan fingerprint density at radius 2 is 1.89 bits per heavy atom.